The Hall–Kier alpha value is -3.75. The largest absolute Gasteiger partial charge is 0.433 e. The van der Waals surface area contributed by atoms with E-state index in [0.717, 1.165) is 28.1 Å². The molecule has 6 nitrogen and oxygen atoms in total. The lowest BCUT2D eigenvalue weighted by Crippen LogP contribution is -2.24. The Kier molecular flexibility index (Phi) is 5.18. The summed E-state index contributed by atoms with van der Waals surface area (Å²) in [7, 11) is 0. The number of alkyl halides is 3. The van der Waals surface area contributed by atoms with E-state index in [1.807, 2.05) is 25.1 Å². The number of aromatic amines is 1. The minimum absolute atomic E-state index is 0.220. The predicted octanol–water partition coefficient (Wildman–Crippen LogP) is 4.59. The van der Waals surface area contributed by atoms with E-state index in [-0.39, 0.29) is 18.1 Å². The van der Waals surface area contributed by atoms with Gasteiger partial charge in [0.25, 0.3) is 5.91 Å². The lowest BCUT2D eigenvalue weighted by atomic mass is 10.1. The topological polar surface area (TPSA) is 83.6 Å². The number of benzene rings is 1. The molecule has 9 heteroatoms. The van der Waals surface area contributed by atoms with Crippen molar-refractivity contribution in [3.63, 3.8) is 0 Å². The molecule has 0 aliphatic rings. The molecule has 0 fully saturated rings. The summed E-state index contributed by atoms with van der Waals surface area (Å²) in [6, 6.07) is 9.40. The number of carbonyl (C=O) groups is 1. The number of pyridine rings is 1. The van der Waals surface area contributed by atoms with E-state index in [1.54, 1.807) is 13.0 Å². The highest BCUT2D eigenvalue weighted by Crippen LogP contribution is 2.32. The molecule has 0 aliphatic heterocycles. The van der Waals surface area contributed by atoms with Crippen LogP contribution in [-0.2, 0) is 12.7 Å². The molecule has 0 saturated heterocycles. The first kappa shape index (κ1) is 20.5. The first-order chi connectivity index (χ1) is 14.7. The number of hydrogen-bond donors (Lipinski definition) is 2. The van der Waals surface area contributed by atoms with Crippen LogP contribution in [0, 0.1) is 13.8 Å². The molecule has 0 bridgehead atoms. The number of aryl methyl sites for hydroxylation is 2. The molecule has 1 aromatic carbocycles. The minimum Gasteiger partial charge on any atom is -0.353 e. The molecule has 31 heavy (non-hydrogen) atoms. The summed E-state index contributed by atoms with van der Waals surface area (Å²) in [5.41, 5.74) is 3.20. The number of fused-ring (bicyclic) bond motifs is 1. The van der Waals surface area contributed by atoms with Crippen molar-refractivity contribution in [3.8, 4) is 11.4 Å². The SMILES string of the molecule is Cc1ncncc1C(=O)NCc1ccc2[nH]c(-c3cccc(C(F)(F)F)n3)c(C)c2c1. The fourth-order valence-electron chi connectivity index (χ4n) is 3.36. The predicted molar refractivity (Wildman–Crippen MR) is 109 cm³/mol. The van der Waals surface area contributed by atoms with Gasteiger partial charge in [0.2, 0.25) is 0 Å². The normalized spacial score (nSPS) is 11.6. The van der Waals surface area contributed by atoms with Crippen LogP contribution in [0.15, 0.2) is 48.9 Å². The van der Waals surface area contributed by atoms with Crippen molar-refractivity contribution in [1.82, 2.24) is 25.3 Å². The first-order valence-corrected chi connectivity index (χ1v) is 9.44. The standard InChI is InChI=1S/C22H18F3N5O/c1-12-15-8-14(9-27-21(31)16-10-26-11-28-13(16)2)6-7-17(15)30-20(12)18-4-3-5-19(29-18)22(23,24)25/h3-8,10-11,30H,9H2,1-2H3,(H,27,31). The van der Waals surface area contributed by atoms with Gasteiger partial charge in [-0.1, -0.05) is 12.1 Å². The van der Waals surface area contributed by atoms with Gasteiger partial charge in [0.15, 0.2) is 0 Å². The molecule has 3 heterocycles. The van der Waals surface area contributed by atoms with E-state index >= 15 is 0 Å². The minimum atomic E-state index is -4.51. The Morgan fingerprint density at radius 2 is 1.97 bits per heavy atom. The summed E-state index contributed by atoms with van der Waals surface area (Å²) < 4.78 is 39.1. The Balaban J connectivity index is 1.60. The van der Waals surface area contributed by atoms with Crippen LogP contribution >= 0.6 is 0 Å². The molecular weight excluding hydrogens is 407 g/mol. The summed E-state index contributed by atoms with van der Waals surface area (Å²) in [6.45, 7) is 3.84. The van der Waals surface area contributed by atoms with Gasteiger partial charge >= 0.3 is 6.18 Å². The highest BCUT2D eigenvalue weighted by Gasteiger charge is 2.32. The second-order valence-electron chi connectivity index (χ2n) is 7.12. The third-order valence-electron chi connectivity index (χ3n) is 5.03. The number of halogens is 3. The fraction of sp³-hybridized carbons (Fsp3) is 0.182. The second kappa shape index (κ2) is 7.82. The van der Waals surface area contributed by atoms with Gasteiger partial charge in [0.1, 0.15) is 12.0 Å². The number of carbonyl (C=O) groups excluding carboxylic acids is 1. The van der Waals surface area contributed by atoms with Gasteiger partial charge in [-0.25, -0.2) is 15.0 Å². The lowest BCUT2D eigenvalue weighted by Gasteiger charge is -2.07. The maximum Gasteiger partial charge on any atom is 0.433 e. The number of amides is 1. The zero-order valence-electron chi connectivity index (χ0n) is 16.7. The Bertz CT molecular complexity index is 1280. The van der Waals surface area contributed by atoms with Gasteiger partial charge in [-0.05, 0) is 49.2 Å². The van der Waals surface area contributed by atoms with Gasteiger partial charge in [0, 0.05) is 23.6 Å². The van der Waals surface area contributed by atoms with Crippen LogP contribution < -0.4 is 5.32 Å². The maximum absolute atomic E-state index is 13.0. The van der Waals surface area contributed by atoms with Gasteiger partial charge in [-0.15, -0.1) is 0 Å². The lowest BCUT2D eigenvalue weighted by molar-refractivity contribution is -0.141. The zero-order chi connectivity index (χ0) is 22.2. The quantitative estimate of drug-likeness (QED) is 0.501. The van der Waals surface area contributed by atoms with E-state index in [1.165, 1.54) is 18.6 Å². The molecule has 4 rings (SSSR count). The van der Waals surface area contributed by atoms with Crippen LogP contribution in [0.4, 0.5) is 13.2 Å². The summed E-state index contributed by atoms with van der Waals surface area (Å²) in [6.07, 6.45) is -1.67. The monoisotopic (exact) mass is 425 g/mol. The van der Waals surface area contributed by atoms with Crippen LogP contribution in [-0.4, -0.2) is 25.8 Å². The molecule has 0 unspecified atom stereocenters. The van der Waals surface area contributed by atoms with Crippen LogP contribution in [0.2, 0.25) is 0 Å². The number of aromatic nitrogens is 4. The highest BCUT2D eigenvalue weighted by molar-refractivity contribution is 5.95. The first-order valence-electron chi connectivity index (χ1n) is 9.44. The van der Waals surface area contributed by atoms with Gasteiger partial charge in [-0.3, -0.25) is 4.79 Å². The number of H-pyrrole nitrogens is 1. The van der Waals surface area contributed by atoms with Crippen molar-refractivity contribution in [3.05, 3.63) is 77.0 Å². The van der Waals surface area contributed by atoms with E-state index in [2.05, 4.69) is 25.3 Å². The molecule has 0 atom stereocenters. The van der Waals surface area contributed by atoms with Gasteiger partial charge in [0.05, 0.1) is 22.6 Å². The third kappa shape index (κ3) is 4.11. The third-order valence-corrected chi connectivity index (χ3v) is 5.03. The van der Waals surface area contributed by atoms with Crippen molar-refractivity contribution in [1.29, 1.82) is 0 Å². The summed E-state index contributed by atoms with van der Waals surface area (Å²) in [5, 5.41) is 3.68. The van der Waals surface area contributed by atoms with Crippen molar-refractivity contribution >= 4 is 16.8 Å². The molecule has 158 valence electrons. The number of rotatable bonds is 4. The summed E-state index contributed by atoms with van der Waals surface area (Å²) in [5.74, 6) is -0.280. The molecule has 2 N–H and O–H groups in total. The molecule has 3 aromatic heterocycles. The zero-order valence-corrected chi connectivity index (χ0v) is 16.7. The van der Waals surface area contributed by atoms with Crippen LogP contribution in [0.1, 0.15) is 32.9 Å². The van der Waals surface area contributed by atoms with E-state index in [9.17, 15) is 18.0 Å². The summed E-state index contributed by atoms with van der Waals surface area (Å²) in [4.78, 5) is 27.2. The van der Waals surface area contributed by atoms with Crippen molar-refractivity contribution in [2.75, 3.05) is 0 Å². The van der Waals surface area contributed by atoms with Crippen LogP contribution in [0.5, 0.6) is 0 Å². The molecule has 0 aliphatic carbocycles. The maximum atomic E-state index is 13.0. The van der Waals surface area contributed by atoms with Crippen LogP contribution in [0.3, 0.4) is 0 Å². The fourth-order valence-corrected chi connectivity index (χ4v) is 3.36. The van der Waals surface area contributed by atoms with Gasteiger partial charge in [-0.2, -0.15) is 13.2 Å². The van der Waals surface area contributed by atoms with E-state index < -0.39 is 11.9 Å². The van der Waals surface area contributed by atoms with Crippen LogP contribution in [0.25, 0.3) is 22.3 Å². The molecule has 0 spiro atoms. The molecule has 0 radical (unpaired) electrons. The van der Waals surface area contributed by atoms with Crippen molar-refractivity contribution < 1.29 is 18.0 Å². The molecule has 0 saturated carbocycles. The average Bonchev–Trinajstić information content (AvgIpc) is 3.08. The Labute approximate surface area is 175 Å². The number of nitrogens with zero attached hydrogens (tertiary/aromatic N) is 3. The number of hydrogen-bond acceptors (Lipinski definition) is 4. The molecule has 1 amide bonds. The number of nitrogens with one attached hydrogen (secondary N) is 2. The smallest absolute Gasteiger partial charge is 0.353 e. The molecular formula is C22H18F3N5O. The van der Waals surface area contributed by atoms with Crippen molar-refractivity contribution in [2.24, 2.45) is 0 Å². The van der Waals surface area contributed by atoms with E-state index in [4.69, 9.17) is 0 Å². The summed E-state index contributed by atoms with van der Waals surface area (Å²) >= 11 is 0. The average molecular weight is 425 g/mol. The second-order valence-corrected chi connectivity index (χ2v) is 7.12. The highest BCUT2D eigenvalue weighted by atomic mass is 19.4. The van der Waals surface area contributed by atoms with Gasteiger partial charge < -0.3 is 10.3 Å². The molecule has 4 aromatic rings. The van der Waals surface area contributed by atoms with Crippen molar-refractivity contribution in [2.45, 2.75) is 26.6 Å². The van der Waals surface area contributed by atoms with E-state index in [0.29, 0.717) is 17.0 Å². The Morgan fingerprint density at radius 1 is 1.16 bits per heavy atom. The Morgan fingerprint density at radius 3 is 2.71 bits per heavy atom.